The van der Waals surface area contributed by atoms with Gasteiger partial charge in [-0.15, -0.1) is 0 Å². The molecule has 0 rings (SSSR count). The molecule has 0 saturated carbocycles. The second kappa shape index (κ2) is 18.5. The normalized spacial score (nSPS) is 10.8. The number of hydrogen-bond donors (Lipinski definition) is 1. The molecule has 0 spiro atoms. The highest BCUT2D eigenvalue weighted by molar-refractivity contribution is 5.68. The average molecular weight is 314 g/mol. The quantitative estimate of drug-likeness (QED) is 0.267. The Kier molecular flexibility index (Phi) is 18.0. The van der Waals surface area contributed by atoms with Gasteiger partial charge < -0.3 is 4.84 Å². The van der Waals surface area contributed by atoms with Crippen LogP contribution in [0.15, 0.2) is 0 Å². The van der Waals surface area contributed by atoms with Gasteiger partial charge in [0.25, 0.3) is 0 Å². The summed E-state index contributed by atoms with van der Waals surface area (Å²) in [5.74, 6) is -0.141. The lowest BCUT2D eigenvalue weighted by atomic mass is 10.0. The molecular weight excluding hydrogens is 274 g/mol. The summed E-state index contributed by atoms with van der Waals surface area (Å²) < 4.78 is 0. The third-order valence-electron chi connectivity index (χ3n) is 4.20. The van der Waals surface area contributed by atoms with Crippen molar-refractivity contribution < 1.29 is 9.63 Å². The maximum absolute atomic E-state index is 11.1. The fourth-order valence-electron chi connectivity index (χ4n) is 2.81. The van der Waals surface area contributed by atoms with E-state index in [4.69, 9.17) is 0 Å². The fraction of sp³-hybridized carbons (Fsp3) is 0.947. The maximum atomic E-state index is 11.1. The van der Waals surface area contributed by atoms with Crippen LogP contribution in [0, 0.1) is 0 Å². The van der Waals surface area contributed by atoms with E-state index < -0.39 is 0 Å². The van der Waals surface area contributed by atoms with Gasteiger partial charge in [-0.05, 0) is 6.42 Å². The third-order valence-corrected chi connectivity index (χ3v) is 4.20. The smallest absolute Gasteiger partial charge is 0.324 e. The van der Waals surface area contributed by atoms with E-state index in [0.717, 1.165) is 12.8 Å². The number of unbranched alkanes of at least 4 members (excludes halogenated alkanes) is 14. The van der Waals surface area contributed by atoms with Crippen LogP contribution in [0.5, 0.6) is 0 Å². The molecule has 0 aromatic rings. The van der Waals surface area contributed by atoms with Crippen LogP contribution in [0.2, 0.25) is 0 Å². The summed E-state index contributed by atoms with van der Waals surface area (Å²) in [5.41, 5.74) is 2.42. The van der Waals surface area contributed by atoms with Crippen LogP contribution in [-0.2, 0) is 9.63 Å². The van der Waals surface area contributed by atoms with Gasteiger partial charge in [0, 0.05) is 13.5 Å². The first-order chi connectivity index (χ1) is 10.8. The lowest BCUT2D eigenvalue weighted by Crippen LogP contribution is -2.14. The molecule has 0 aliphatic rings. The predicted octanol–water partition coefficient (Wildman–Crippen LogP) is 5.93. The maximum Gasteiger partial charge on any atom is 0.324 e. The first-order valence-electron chi connectivity index (χ1n) is 9.67. The molecular formula is C19H39NO2. The molecule has 22 heavy (non-hydrogen) atoms. The summed E-state index contributed by atoms with van der Waals surface area (Å²) in [7, 11) is 1.62. The zero-order valence-electron chi connectivity index (χ0n) is 15.1. The van der Waals surface area contributed by atoms with Crippen molar-refractivity contribution in [3.8, 4) is 0 Å². The summed E-state index contributed by atoms with van der Waals surface area (Å²) in [6, 6.07) is 0. The molecule has 132 valence electrons. The van der Waals surface area contributed by atoms with Crippen molar-refractivity contribution in [1.29, 1.82) is 0 Å². The standard InChI is InChI=1S/C19H39NO2/c1-3-4-5-6-7-8-9-10-11-12-13-14-15-16-17-18-19(21)22-20-2/h20H,3-18H2,1-2H3. The number of carbonyl (C=O) groups excluding carboxylic acids is 1. The highest BCUT2D eigenvalue weighted by Crippen LogP contribution is 2.13. The van der Waals surface area contributed by atoms with E-state index in [1.165, 1.54) is 83.5 Å². The van der Waals surface area contributed by atoms with Gasteiger partial charge in [-0.1, -0.05) is 96.8 Å². The van der Waals surface area contributed by atoms with E-state index in [9.17, 15) is 4.79 Å². The van der Waals surface area contributed by atoms with Crippen LogP contribution in [0.4, 0.5) is 0 Å². The van der Waals surface area contributed by atoms with Crippen molar-refractivity contribution in [2.45, 2.75) is 110 Å². The topological polar surface area (TPSA) is 38.3 Å². The summed E-state index contributed by atoms with van der Waals surface area (Å²) in [5, 5.41) is 0. The van der Waals surface area contributed by atoms with E-state index in [0.29, 0.717) is 6.42 Å². The molecule has 0 bridgehead atoms. The minimum absolute atomic E-state index is 0.141. The van der Waals surface area contributed by atoms with Crippen molar-refractivity contribution in [1.82, 2.24) is 5.48 Å². The van der Waals surface area contributed by atoms with Crippen LogP contribution >= 0.6 is 0 Å². The molecule has 0 heterocycles. The minimum atomic E-state index is -0.141. The molecule has 0 aliphatic carbocycles. The fourth-order valence-corrected chi connectivity index (χ4v) is 2.81. The van der Waals surface area contributed by atoms with E-state index >= 15 is 0 Å². The van der Waals surface area contributed by atoms with Gasteiger partial charge >= 0.3 is 5.97 Å². The van der Waals surface area contributed by atoms with Crippen molar-refractivity contribution in [2.75, 3.05) is 7.05 Å². The first kappa shape index (κ1) is 21.4. The summed E-state index contributed by atoms with van der Waals surface area (Å²) in [4.78, 5) is 15.8. The molecule has 0 aliphatic heterocycles. The van der Waals surface area contributed by atoms with Gasteiger partial charge in [0.1, 0.15) is 0 Å². The van der Waals surface area contributed by atoms with Crippen molar-refractivity contribution in [2.24, 2.45) is 0 Å². The van der Waals surface area contributed by atoms with Crippen LogP contribution in [0.25, 0.3) is 0 Å². The Bertz CT molecular complexity index is 231. The van der Waals surface area contributed by atoms with Crippen LogP contribution < -0.4 is 5.48 Å². The Morgan fingerprint density at radius 3 is 1.41 bits per heavy atom. The minimum Gasteiger partial charge on any atom is -0.371 e. The first-order valence-corrected chi connectivity index (χ1v) is 9.67. The van der Waals surface area contributed by atoms with Gasteiger partial charge in [-0.25, -0.2) is 0 Å². The molecule has 3 heteroatoms. The van der Waals surface area contributed by atoms with Gasteiger partial charge in [0.2, 0.25) is 0 Å². The summed E-state index contributed by atoms with van der Waals surface area (Å²) in [6.07, 6.45) is 20.7. The second-order valence-electron chi connectivity index (χ2n) is 6.38. The van der Waals surface area contributed by atoms with E-state index in [-0.39, 0.29) is 5.97 Å². The van der Waals surface area contributed by atoms with Crippen molar-refractivity contribution >= 4 is 5.97 Å². The zero-order valence-corrected chi connectivity index (χ0v) is 15.1. The number of nitrogens with one attached hydrogen (secondary N) is 1. The van der Waals surface area contributed by atoms with Gasteiger partial charge in [0.15, 0.2) is 0 Å². The molecule has 3 nitrogen and oxygen atoms in total. The Morgan fingerprint density at radius 2 is 1.05 bits per heavy atom. The molecule has 1 N–H and O–H groups in total. The monoisotopic (exact) mass is 313 g/mol. The predicted molar refractivity (Wildman–Crippen MR) is 94.7 cm³/mol. The van der Waals surface area contributed by atoms with E-state index in [2.05, 4.69) is 17.2 Å². The molecule has 0 atom stereocenters. The van der Waals surface area contributed by atoms with Gasteiger partial charge in [0.05, 0.1) is 0 Å². The second-order valence-corrected chi connectivity index (χ2v) is 6.38. The largest absolute Gasteiger partial charge is 0.371 e. The number of rotatable bonds is 17. The van der Waals surface area contributed by atoms with E-state index in [1.54, 1.807) is 7.05 Å². The SMILES string of the molecule is CCCCCCCCCCCCCCCCCC(=O)ONC. The highest BCUT2D eigenvalue weighted by Gasteiger charge is 2.00. The Hall–Kier alpha value is -0.570. The van der Waals surface area contributed by atoms with Crippen LogP contribution in [0.1, 0.15) is 110 Å². The molecule has 0 aromatic heterocycles. The molecule has 0 fully saturated rings. The lowest BCUT2D eigenvalue weighted by Gasteiger charge is -2.03. The number of hydrogen-bond acceptors (Lipinski definition) is 3. The van der Waals surface area contributed by atoms with Gasteiger partial charge in [-0.3, -0.25) is 4.79 Å². The van der Waals surface area contributed by atoms with Crippen LogP contribution in [-0.4, -0.2) is 13.0 Å². The Labute approximate surface area is 138 Å². The highest BCUT2D eigenvalue weighted by atomic mass is 16.7. The van der Waals surface area contributed by atoms with E-state index in [1.807, 2.05) is 0 Å². The number of carbonyl (C=O) groups is 1. The summed E-state index contributed by atoms with van der Waals surface area (Å²) in [6.45, 7) is 2.28. The molecule has 0 aromatic carbocycles. The summed E-state index contributed by atoms with van der Waals surface area (Å²) >= 11 is 0. The lowest BCUT2D eigenvalue weighted by molar-refractivity contribution is -0.150. The van der Waals surface area contributed by atoms with Crippen LogP contribution in [0.3, 0.4) is 0 Å². The molecule has 0 unspecified atom stereocenters. The average Bonchev–Trinajstić information content (AvgIpc) is 2.51. The van der Waals surface area contributed by atoms with Crippen molar-refractivity contribution in [3.05, 3.63) is 0 Å². The Morgan fingerprint density at radius 1 is 0.682 bits per heavy atom. The third kappa shape index (κ3) is 17.5. The molecule has 0 radical (unpaired) electrons. The number of hydroxylamine groups is 1. The molecule has 0 amide bonds. The zero-order chi connectivity index (χ0) is 16.3. The Balaban J connectivity index is 3.01. The van der Waals surface area contributed by atoms with Gasteiger partial charge in [-0.2, -0.15) is 5.48 Å². The van der Waals surface area contributed by atoms with Crippen molar-refractivity contribution in [3.63, 3.8) is 0 Å². The molecule has 0 saturated heterocycles.